The summed E-state index contributed by atoms with van der Waals surface area (Å²) in [6, 6.07) is 18.6. The molecule has 0 bridgehead atoms. The molecule has 2 aliphatic heterocycles. The first-order valence-corrected chi connectivity index (χ1v) is 25.3. The minimum atomic E-state index is -1.07. The highest BCUT2D eigenvalue weighted by Crippen LogP contribution is 2.31. The van der Waals surface area contributed by atoms with Crippen molar-refractivity contribution in [3.63, 3.8) is 0 Å². The normalized spacial score (nSPS) is 13.9. The van der Waals surface area contributed by atoms with Gasteiger partial charge in [-0.1, -0.05) is 7.43 Å². The fraction of sp³-hybridized carbons (Fsp3) is 0.288. The van der Waals surface area contributed by atoms with Crippen molar-refractivity contribution in [2.45, 2.75) is 47.0 Å². The molecule has 0 aliphatic carbocycles. The topological polar surface area (TPSA) is 266 Å². The number of nitrogens with zero attached hydrogens (tertiary/aromatic N) is 9. The standard InChI is InChI=1S/C29H30N6O3.C24H20N4O4.C5H12N2.CH4/c1-19-13-22(28-32-17-23(18-33-28)29(37)35-11-9-34(2)10-12-35)14-21-15-25(38-27(19)21)7-6-24(36)5-3-20-4-8-26(30)31-16-20;1-14-8-17(23-27-12-18(13-28-23)24(30)31)9-16-10-20(32-22(14)16)6-5-19(29)4-2-15-3-7-21(25)26-11-15;1-7-4-2-6-3-5-7;/h3-5,8,13-18H,6-7,9-12H2,1-2H3,(H2,30,31);2-4,7-13H,5-6H2,1H3,(H2,25,26)(H,30,31);6H,2-5H2,1H3;1H4/b5-3+;4-2+;;. The summed E-state index contributed by atoms with van der Waals surface area (Å²) < 4.78 is 12.0. The van der Waals surface area contributed by atoms with Crippen molar-refractivity contribution in [1.82, 2.24) is 49.9 Å². The van der Waals surface area contributed by atoms with E-state index in [1.54, 1.807) is 61.2 Å². The highest BCUT2D eigenvalue weighted by molar-refractivity contribution is 5.95. The first-order valence-electron chi connectivity index (χ1n) is 25.3. The lowest BCUT2D eigenvalue weighted by Gasteiger charge is -2.32. The molecular formula is C59H66N12O7. The molecule has 0 saturated carbocycles. The van der Waals surface area contributed by atoms with Crippen molar-refractivity contribution < 1.29 is 33.1 Å². The van der Waals surface area contributed by atoms with Crippen LogP contribution in [0.4, 0.5) is 11.6 Å². The molecule has 19 nitrogen and oxygen atoms in total. The van der Waals surface area contributed by atoms with Gasteiger partial charge in [0.2, 0.25) is 0 Å². The van der Waals surface area contributed by atoms with Gasteiger partial charge in [0.05, 0.1) is 11.1 Å². The molecule has 8 heterocycles. The van der Waals surface area contributed by atoms with E-state index in [4.69, 9.17) is 25.4 Å². The van der Waals surface area contributed by atoms with E-state index in [1.165, 1.54) is 31.6 Å². The molecule has 6 N–H and O–H groups in total. The number of carboxylic acids is 1. The molecule has 404 valence electrons. The van der Waals surface area contributed by atoms with Crippen LogP contribution in [0, 0.1) is 13.8 Å². The van der Waals surface area contributed by atoms with Crippen LogP contribution >= 0.6 is 0 Å². The van der Waals surface area contributed by atoms with Gasteiger partial charge in [-0.05, 0) is 135 Å². The quantitative estimate of drug-likeness (QED) is 0.0751. The third kappa shape index (κ3) is 15.7. The molecule has 78 heavy (non-hydrogen) atoms. The van der Waals surface area contributed by atoms with Crippen molar-refractivity contribution in [3.8, 4) is 22.8 Å². The van der Waals surface area contributed by atoms with Crippen molar-refractivity contribution in [1.29, 1.82) is 0 Å². The van der Waals surface area contributed by atoms with Crippen LogP contribution in [-0.4, -0.2) is 140 Å². The van der Waals surface area contributed by atoms with E-state index in [2.05, 4.69) is 59.1 Å². The maximum absolute atomic E-state index is 12.8. The lowest BCUT2D eigenvalue weighted by Crippen LogP contribution is -2.47. The molecule has 6 aromatic heterocycles. The Kier molecular flexibility index (Phi) is 19.6. The molecule has 19 heteroatoms. The van der Waals surface area contributed by atoms with Crippen LogP contribution in [-0.2, 0) is 22.4 Å². The molecule has 2 aliphatic rings. The summed E-state index contributed by atoms with van der Waals surface area (Å²) in [6.45, 7) is 11.8. The van der Waals surface area contributed by atoms with Gasteiger partial charge < -0.3 is 45.4 Å². The number of ketones is 2. The Bertz CT molecular complexity index is 3390. The van der Waals surface area contributed by atoms with Crippen molar-refractivity contribution in [2.75, 3.05) is 77.9 Å². The van der Waals surface area contributed by atoms with Crippen molar-refractivity contribution in [2.24, 2.45) is 0 Å². The number of hydrogen-bond acceptors (Lipinski definition) is 17. The van der Waals surface area contributed by atoms with Gasteiger partial charge in [-0.15, -0.1) is 0 Å². The number of nitrogen functional groups attached to an aromatic ring is 2. The highest BCUT2D eigenvalue weighted by Gasteiger charge is 2.22. The largest absolute Gasteiger partial charge is 0.478 e. The van der Waals surface area contributed by atoms with Gasteiger partial charge in [0.25, 0.3) is 5.91 Å². The summed E-state index contributed by atoms with van der Waals surface area (Å²) in [6.07, 6.45) is 17.1. The minimum Gasteiger partial charge on any atom is -0.478 e. The van der Waals surface area contributed by atoms with Gasteiger partial charge in [0, 0.05) is 137 Å². The molecule has 1 amide bonds. The van der Waals surface area contributed by atoms with Crippen molar-refractivity contribution in [3.05, 3.63) is 155 Å². The predicted octanol–water partition coefficient (Wildman–Crippen LogP) is 8.02. The fourth-order valence-electron chi connectivity index (χ4n) is 8.48. The second kappa shape index (κ2) is 26.8. The van der Waals surface area contributed by atoms with E-state index in [0.717, 1.165) is 87.3 Å². The molecule has 0 spiro atoms. The zero-order valence-corrected chi connectivity index (χ0v) is 43.6. The number of nitrogens with one attached hydrogen (secondary N) is 1. The number of piperazine rings is 2. The van der Waals surface area contributed by atoms with Gasteiger partial charge in [-0.3, -0.25) is 14.4 Å². The summed E-state index contributed by atoms with van der Waals surface area (Å²) in [5.41, 5.74) is 18.3. The maximum Gasteiger partial charge on any atom is 0.338 e. The van der Waals surface area contributed by atoms with Gasteiger partial charge in [-0.2, -0.15) is 0 Å². The Labute approximate surface area is 453 Å². The van der Waals surface area contributed by atoms with E-state index >= 15 is 0 Å². The molecular weight excluding hydrogens is 989 g/mol. The Hall–Kier alpha value is -8.78. The number of hydrogen-bond donors (Lipinski definition) is 4. The summed E-state index contributed by atoms with van der Waals surface area (Å²) in [5.74, 6) is 2.17. The lowest BCUT2D eigenvalue weighted by molar-refractivity contribution is -0.115. The smallest absolute Gasteiger partial charge is 0.338 e. The van der Waals surface area contributed by atoms with E-state index in [-0.39, 0.29) is 30.5 Å². The van der Waals surface area contributed by atoms with Crippen molar-refractivity contribution >= 4 is 69.2 Å². The molecule has 2 saturated heterocycles. The Morgan fingerprint density at radius 2 is 1.03 bits per heavy atom. The molecule has 2 aromatic carbocycles. The number of pyridine rings is 2. The molecule has 0 radical (unpaired) electrons. The number of aromatic carboxylic acids is 1. The summed E-state index contributed by atoms with van der Waals surface area (Å²) in [4.78, 5) is 80.0. The average Bonchev–Trinajstić information content (AvgIpc) is 4.10. The highest BCUT2D eigenvalue weighted by atomic mass is 16.4. The Morgan fingerprint density at radius 3 is 1.42 bits per heavy atom. The van der Waals surface area contributed by atoms with Gasteiger partial charge in [0.15, 0.2) is 23.2 Å². The van der Waals surface area contributed by atoms with E-state index in [0.29, 0.717) is 73.4 Å². The number of fused-ring (bicyclic) bond motifs is 2. The number of amides is 1. The van der Waals surface area contributed by atoms with Gasteiger partial charge in [-0.25, -0.2) is 34.7 Å². The molecule has 0 atom stereocenters. The Balaban J connectivity index is 0.000000200. The lowest BCUT2D eigenvalue weighted by atomic mass is 10.1. The zero-order valence-electron chi connectivity index (χ0n) is 43.6. The number of carbonyl (C=O) groups excluding carboxylic acids is 3. The van der Waals surface area contributed by atoms with Crippen LogP contribution in [0.5, 0.6) is 0 Å². The SMILES string of the molecule is C.CN1CCNCC1.Cc1cc(-c2ncc(C(=O)N3CCN(C)CC3)cn2)cc2cc(CCC(=O)/C=C/c3ccc(N)nc3)oc12.Cc1cc(-c2ncc(C(=O)O)cn2)cc2cc(CCC(=O)/C=C/c3ccc(N)nc3)oc12. The minimum absolute atomic E-state index is 0. The first kappa shape index (κ1) is 56.9. The van der Waals surface area contributed by atoms with E-state index < -0.39 is 5.97 Å². The number of likely N-dealkylation sites (N-methyl/N-ethyl adjacent to an activating group) is 2. The third-order valence-corrected chi connectivity index (χ3v) is 12.9. The number of carboxylic acid groups (broad SMARTS) is 1. The zero-order chi connectivity index (χ0) is 54.4. The maximum atomic E-state index is 12.8. The van der Waals surface area contributed by atoms with Crippen LogP contribution in [0.15, 0.2) is 119 Å². The number of nitrogens with two attached hydrogens (primary N) is 2. The third-order valence-electron chi connectivity index (χ3n) is 12.9. The first-order chi connectivity index (χ1) is 37.1. The molecule has 10 rings (SSSR count). The number of anilines is 2. The van der Waals surface area contributed by atoms with Crippen LogP contribution in [0.3, 0.4) is 0 Å². The number of allylic oxidation sites excluding steroid dienone is 2. The van der Waals surface area contributed by atoms with Crippen LogP contribution < -0.4 is 16.8 Å². The number of furan rings is 2. The monoisotopic (exact) mass is 1050 g/mol. The number of aryl methyl sites for hydroxylation is 4. The number of benzene rings is 2. The van der Waals surface area contributed by atoms with Crippen LogP contribution in [0.1, 0.15) is 74.8 Å². The molecule has 8 aromatic rings. The molecule has 0 unspecified atom stereocenters. The van der Waals surface area contributed by atoms with Crippen LogP contribution in [0.2, 0.25) is 0 Å². The summed E-state index contributed by atoms with van der Waals surface area (Å²) in [7, 11) is 4.21. The van der Waals surface area contributed by atoms with Crippen LogP contribution in [0.25, 0.3) is 56.9 Å². The van der Waals surface area contributed by atoms with E-state index in [9.17, 15) is 19.2 Å². The number of aromatic nitrogens is 6. The second-order valence-corrected chi connectivity index (χ2v) is 19.0. The predicted molar refractivity (Wildman–Crippen MR) is 303 cm³/mol. The van der Waals surface area contributed by atoms with Gasteiger partial charge >= 0.3 is 5.97 Å². The number of carbonyl (C=O) groups is 4. The van der Waals surface area contributed by atoms with E-state index in [1.807, 2.05) is 61.2 Å². The molecule has 2 fully saturated rings. The van der Waals surface area contributed by atoms with Gasteiger partial charge in [0.1, 0.15) is 34.3 Å². The fourth-order valence-corrected chi connectivity index (χ4v) is 8.48. The summed E-state index contributed by atoms with van der Waals surface area (Å²) >= 11 is 0. The average molecular weight is 1060 g/mol. The second-order valence-electron chi connectivity index (χ2n) is 19.0. The number of rotatable bonds is 14. The Morgan fingerprint density at radius 1 is 0.590 bits per heavy atom. The summed E-state index contributed by atoms with van der Waals surface area (Å²) in [5, 5.41) is 14.1.